The van der Waals surface area contributed by atoms with Crippen LogP contribution in [0.3, 0.4) is 0 Å². The van der Waals surface area contributed by atoms with Gasteiger partial charge in [-0.3, -0.25) is 10.1 Å². The van der Waals surface area contributed by atoms with Crippen molar-refractivity contribution in [2.24, 2.45) is 5.14 Å². The van der Waals surface area contributed by atoms with Crippen LogP contribution in [0.5, 0.6) is 0 Å². The van der Waals surface area contributed by atoms with E-state index in [1.807, 2.05) is 51.1 Å². The van der Waals surface area contributed by atoms with Crippen LogP contribution in [-0.2, 0) is 15.4 Å². The molecule has 0 radical (unpaired) electrons. The molecule has 0 spiro atoms. The Hall–Kier alpha value is -2.45. The molecule has 0 aliphatic carbocycles. The van der Waals surface area contributed by atoms with Crippen LogP contribution in [0.2, 0.25) is 0 Å². The zero-order valence-electron chi connectivity index (χ0n) is 14.3. The Morgan fingerprint density at radius 2 is 1.76 bits per heavy atom. The minimum Gasteiger partial charge on any atom is -0.376 e. The number of sulfonamides is 1. The molecule has 0 saturated carbocycles. The number of nitrogens with one attached hydrogen (secondary N) is 1. The van der Waals surface area contributed by atoms with Crippen LogP contribution in [0.25, 0.3) is 0 Å². The molecule has 0 aromatic heterocycles. The summed E-state index contributed by atoms with van der Waals surface area (Å²) in [5, 5.41) is 19.5. The summed E-state index contributed by atoms with van der Waals surface area (Å²) >= 11 is 0. The molecule has 134 valence electrons. The number of anilines is 1. The first-order valence-electron chi connectivity index (χ1n) is 7.67. The third-order valence-corrected chi connectivity index (χ3v) is 5.38. The number of nitrogens with two attached hydrogens (primary N) is 1. The molecule has 1 atom stereocenters. The van der Waals surface area contributed by atoms with Gasteiger partial charge in [-0.25, -0.2) is 13.6 Å². The molecule has 3 N–H and O–H groups in total. The highest BCUT2D eigenvalue weighted by Gasteiger charge is 2.30. The molecule has 8 heteroatoms. The fourth-order valence-corrected chi connectivity index (χ4v) is 3.03. The summed E-state index contributed by atoms with van der Waals surface area (Å²) in [6, 6.07) is 13.2. The Morgan fingerprint density at radius 3 is 2.28 bits per heavy atom. The molecule has 0 heterocycles. The highest BCUT2D eigenvalue weighted by Crippen LogP contribution is 2.33. The van der Waals surface area contributed by atoms with Gasteiger partial charge in [0.15, 0.2) is 0 Å². The zero-order chi connectivity index (χ0) is 18.8. The van der Waals surface area contributed by atoms with E-state index in [0.29, 0.717) is 0 Å². The average Bonchev–Trinajstić information content (AvgIpc) is 2.54. The van der Waals surface area contributed by atoms with Gasteiger partial charge in [-0.2, -0.15) is 0 Å². The van der Waals surface area contributed by atoms with Crippen molar-refractivity contribution in [3.63, 3.8) is 0 Å². The van der Waals surface area contributed by atoms with E-state index in [9.17, 15) is 18.5 Å². The maximum Gasteiger partial charge on any atom is 0.293 e. The molecule has 0 fully saturated rings. The Bertz CT molecular complexity index is 880. The molecule has 2 aromatic carbocycles. The number of nitro benzene ring substituents is 1. The topological polar surface area (TPSA) is 115 Å². The second-order valence-electron chi connectivity index (χ2n) is 6.43. The van der Waals surface area contributed by atoms with Gasteiger partial charge in [0.25, 0.3) is 5.69 Å². The van der Waals surface area contributed by atoms with Crippen molar-refractivity contribution in [1.29, 1.82) is 0 Å². The van der Waals surface area contributed by atoms with Crippen LogP contribution in [0.4, 0.5) is 11.4 Å². The second kappa shape index (κ2) is 6.81. The first-order valence-corrected chi connectivity index (χ1v) is 9.21. The van der Waals surface area contributed by atoms with Crippen molar-refractivity contribution in [2.75, 3.05) is 5.32 Å². The Kier molecular flexibility index (Phi) is 5.15. The zero-order valence-corrected chi connectivity index (χ0v) is 15.1. The number of benzene rings is 2. The largest absolute Gasteiger partial charge is 0.376 e. The number of primary sulfonamides is 1. The predicted octanol–water partition coefficient (Wildman–Crippen LogP) is 3.02. The van der Waals surface area contributed by atoms with Crippen molar-refractivity contribution in [3.05, 3.63) is 64.2 Å². The van der Waals surface area contributed by atoms with Crippen molar-refractivity contribution in [1.82, 2.24) is 0 Å². The number of nitrogens with zero attached hydrogens (tertiary/aromatic N) is 1. The van der Waals surface area contributed by atoms with Gasteiger partial charge < -0.3 is 5.32 Å². The smallest absolute Gasteiger partial charge is 0.293 e. The van der Waals surface area contributed by atoms with Crippen molar-refractivity contribution in [2.45, 2.75) is 37.1 Å². The van der Waals surface area contributed by atoms with Crippen molar-refractivity contribution >= 4 is 21.4 Å². The van der Waals surface area contributed by atoms with Gasteiger partial charge in [0.1, 0.15) is 5.69 Å². The number of hydrogen-bond acceptors (Lipinski definition) is 5. The lowest BCUT2D eigenvalue weighted by Gasteiger charge is -2.33. The minimum atomic E-state index is -4.01. The van der Waals surface area contributed by atoms with E-state index >= 15 is 0 Å². The summed E-state index contributed by atoms with van der Waals surface area (Å²) in [5.41, 5.74) is 0.684. The van der Waals surface area contributed by atoms with Crippen LogP contribution >= 0.6 is 0 Å². The Balaban J connectivity index is 2.38. The molecule has 1 unspecified atom stereocenters. The standard InChI is InChI=1S/C17H21N3O4S/c1-12(17(2,3)13-7-5-4-6-8-13)19-15-10-9-14(25(18,23)24)11-16(15)20(21)22/h4-12,19H,1-3H3,(H2,18,23,24). The quantitative estimate of drug-likeness (QED) is 0.604. The maximum absolute atomic E-state index is 11.4. The summed E-state index contributed by atoms with van der Waals surface area (Å²) in [6.07, 6.45) is 0. The summed E-state index contributed by atoms with van der Waals surface area (Å²) in [6.45, 7) is 5.99. The first-order chi connectivity index (χ1) is 11.5. The fraction of sp³-hybridized carbons (Fsp3) is 0.294. The normalized spacial score (nSPS) is 13.3. The second-order valence-corrected chi connectivity index (χ2v) is 8.00. The van der Waals surface area contributed by atoms with Crippen LogP contribution in [0, 0.1) is 10.1 Å². The fourth-order valence-electron chi connectivity index (χ4n) is 2.49. The van der Waals surface area contributed by atoms with Crippen molar-refractivity contribution < 1.29 is 13.3 Å². The molecule has 2 rings (SSSR count). The van der Waals surface area contributed by atoms with Gasteiger partial charge >= 0.3 is 0 Å². The number of nitro groups is 1. The summed E-state index contributed by atoms with van der Waals surface area (Å²) in [5.74, 6) is 0. The highest BCUT2D eigenvalue weighted by atomic mass is 32.2. The molecule has 0 aliphatic rings. The molecule has 7 nitrogen and oxygen atoms in total. The molecule has 25 heavy (non-hydrogen) atoms. The first kappa shape index (κ1) is 18.9. The SMILES string of the molecule is CC(Nc1ccc(S(N)(=O)=O)cc1[N+](=O)[O-])C(C)(C)c1ccccc1. The van der Waals surface area contributed by atoms with Crippen LogP contribution < -0.4 is 10.5 Å². The number of rotatable bonds is 6. The molecule has 2 aromatic rings. The maximum atomic E-state index is 11.4. The van der Waals surface area contributed by atoms with E-state index < -0.39 is 14.9 Å². The lowest BCUT2D eigenvalue weighted by molar-refractivity contribution is -0.384. The van der Waals surface area contributed by atoms with Crippen LogP contribution in [-0.4, -0.2) is 19.4 Å². The summed E-state index contributed by atoms with van der Waals surface area (Å²) in [4.78, 5) is 10.4. The van der Waals surface area contributed by atoms with Gasteiger partial charge in [-0.05, 0) is 24.6 Å². The molecule has 0 amide bonds. The van der Waals surface area contributed by atoms with Crippen LogP contribution in [0.15, 0.2) is 53.4 Å². The third kappa shape index (κ3) is 4.15. The third-order valence-electron chi connectivity index (χ3n) is 4.47. The van der Waals surface area contributed by atoms with E-state index in [4.69, 9.17) is 5.14 Å². The van der Waals surface area contributed by atoms with E-state index in [0.717, 1.165) is 11.6 Å². The van der Waals surface area contributed by atoms with Gasteiger partial charge in [-0.1, -0.05) is 44.2 Å². The molecule has 0 aliphatic heterocycles. The van der Waals surface area contributed by atoms with Gasteiger partial charge in [-0.15, -0.1) is 0 Å². The minimum absolute atomic E-state index is 0.158. The van der Waals surface area contributed by atoms with Gasteiger partial charge in [0.2, 0.25) is 10.0 Å². The molecule has 0 bridgehead atoms. The van der Waals surface area contributed by atoms with Crippen molar-refractivity contribution in [3.8, 4) is 0 Å². The van der Waals surface area contributed by atoms with E-state index in [-0.39, 0.29) is 27.7 Å². The Morgan fingerprint density at radius 1 is 1.16 bits per heavy atom. The lowest BCUT2D eigenvalue weighted by atomic mass is 9.78. The van der Waals surface area contributed by atoms with Crippen LogP contribution in [0.1, 0.15) is 26.3 Å². The predicted molar refractivity (Wildman–Crippen MR) is 97.0 cm³/mol. The molecular formula is C17H21N3O4S. The lowest BCUT2D eigenvalue weighted by Crippen LogP contribution is -2.37. The number of hydrogen-bond donors (Lipinski definition) is 2. The summed E-state index contributed by atoms with van der Waals surface area (Å²) in [7, 11) is -4.01. The van der Waals surface area contributed by atoms with Gasteiger partial charge in [0, 0.05) is 17.5 Å². The van der Waals surface area contributed by atoms with E-state index in [2.05, 4.69) is 5.32 Å². The highest BCUT2D eigenvalue weighted by molar-refractivity contribution is 7.89. The monoisotopic (exact) mass is 363 g/mol. The molecule has 0 saturated heterocycles. The van der Waals surface area contributed by atoms with E-state index in [1.165, 1.54) is 12.1 Å². The Labute approximate surface area is 147 Å². The summed E-state index contributed by atoms with van der Waals surface area (Å²) < 4.78 is 22.8. The average molecular weight is 363 g/mol. The van der Waals surface area contributed by atoms with E-state index in [1.54, 1.807) is 0 Å². The molecular weight excluding hydrogens is 342 g/mol. The van der Waals surface area contributed by atoms with Gasteiger partial charge in [0.05, 0.1) is 9.82 Å².